The molecule has 0 aliphatic rings. The van der Waals surface area contributed by atoms with Crippen molar-refractivity contribution < 1.29 is 31.2 Å². The number of benzene rings is 3. The van der Waals surface area contributed by atoms with Crippen molar-refractivity contribution in [3.63, 3.8) is 0 Å². The summed E-state index contributed by atoms with van der Waals surface area (Å²) >= 11 is 0. The molecule has 3 aromatic rings. The van der Waals surface area contributed by atoms with Crippen molar-refractivity contribution in [1.29, 1.82) is 0 Å². The molecule has 0 heterocycles. The molecule has 3 aromatic carbocycles. The van der Waals surface area contributed by atoms with Crippen LogP contribution in [-0.4, -0.2) is 50.0 Å². The molecule has 0 saturated heterocycles. The lowest BCUT2D eigenvalue weighted by molar-refractivity contribution is -0.141. The van der Waals surface area contributed by atoms with Crippen LogP contribution in [0.1, 0.15) is 37.8 Å². The van der Waals surface area contributed by atoms with Gasteiger partial charge in [-0.1, -0.05) is 42.5 Å². The first-order valence-electron chi connectivity index (χ1n) is 13.2. The molecule has 7 nitrogen and oxygen atoms in total. The second kappa shape index (κ2) is 14.2. The van der Waals surface area contributed by atoms with Crippen LogP contribution in [0.3, 0.4) is 0 Å². The van der Waals surface area contributed by atoms with E-state index in [1.165, 1.54) is 29.2 Å². The zero-order chi connectivity index (χ0) is 30.2. The van der Waals surface area contributed by atoms with Gasteiger partial charge in [-0.05, 0) is 55.7 Å². The Morgan fingerprint density at radius 1 is 0.878 bits per heavy atom. The van der Waals surface area contributed by atoms with Crippen molar-refractivity contribution in [2.75, 3.05) is 17.1 Å². The average Bonchev–Trinajstić information content (AvgIpc) is 2.90. The van der Waals surface area contributed by atoms with Crippen molar-refractivity contribution in [3.05, 3.63) is 101 Å². The third-order valence-electron chi connectivity index (χ3n) is 6.31. The van der Waals surface area contributed by atoms with Crippen molar-refractivity contribution in [1.82, 2.24) is 10.2 Å². The SMILES string of the molecule is CC(C)NC(=O)[C@@H](Cc1ccccc1)N(Cc1ccc(F)cc1)C(=O)CCCN(c1ccc(F)c(F)c1)S(C)(=O)=O. The summed E-state index contributed by atoms with van der Waals surface area (Å²) in [5.41, 5.74) is 1.37. The Labute approximate surface area is 239 Å². The van der Waals surface area contributed by atoms with Gasteiger partial charge in [-0.2, -0.15) is 0 Å². The Hall–Kier alpha value is -3.86. The predicted octanol–water partition coefficient (Wildman–Crippen LogP) is 4.81. The van der Waals surface area contributed by atoms with Gasteiger partial charge < -0.3 is 10.2 Å². The van der Waals surface area contributed by atoms with Crippen LogP contribution in [0.25, 0.3) is 0 Å². The molecule has 0 unspecified atom stereocenters. The van der Waals surface area contributed by atoms with E-state index in [2.05, 4.69) is 5.32 Å². The van der Waals surface area contributed by atoms with E-state index in [1.54, 1.807) is 0 Å². The molecule has 0 bridgehead atoms. The topological polar surface area (TPSA) is 86.8 Å². The number of carbonyl (C=O) groups is 2. The summed E-state index contributed by atoms with van der Waals surface area (Å²) < 4.78 is 66.6. The minimum absolute atomic E-state index is 0.0150. The van der Waals surface area contributed by atoms with Crippen LogP contribution in [0.4, 0.5) is 18.9 Å². The monoisotopic (exact) mass is 589 g/mol. The lowest BCUT2D eigenvalue weighted by Crippen LogP contribution is -2.51. The molecule has 1 N–H and O–H groups in total. The van der Waals surface area contributed by atoms with E-state index < -0.39 is 39.4 Å². The van der Waals surface area contributed by atoms with E-state index in [1.807, 2.05) is 44.2 Å². The zero-order valence-electron chi connectivity index (χ0n) is 23.2. The quantitative estimate of drug-likeness (QED) is 0.310. The van der Waals surface area contributed by atoms with Gasteiger partial charge in [0.15, 0.2) is 11.6 Å². The van der Waals surface area contributed by atoms with Crippen molar-refractivity contribution in [3.8, 4) is 0 Å². The average molecular weight is 590 g/mol. The van der Waals surface area contributed by atoms with Crippen LogP contribution < -0.4 is 9.62 Å². The molecule has 3 rings (SSSR count). The third kappa shape index (κ3) is 9.34. The molecule has 2 amide bonds. The van der Waals surface area contributed by atoms with Crippen molar-refractivity contribution in [2.45, 2.75) is 51.7 Å². The molecule has 0 spiro atoms. The summed E-state index contributed by atoms with van der Waals surface area (Å²) in [5, 5.41) is 2.87. The molecule has 220 valence electrons. The number of hydrogen-bond donors (Lipinski definition) is 1. The fourth-order valence-electron chi connectivity index (χ4n) is 4.37. The van der Waals surface area contributed by atoms with E-state index in [-0.39, 0.29) is 50.0 Å². The highest BCUT2D eigenvalue weighted by atomic mass is 32.2. The molecule has 11 heteroatoms. The van der Waals surface area contributed by atoms with Crippen molar-refractivity contribution in [2.24, 2.45) is 0 Å². The Kier molecular flexibility index (Phi) is 10.9. The first kappa shape index (κ1) is 31.7. The summed E-state index contributed by atoms with van der Waals surface area (Å²) in [7, 11) is -3.88. The van der Waals surface area contributed by atoms with Gasteiger partial charge in [0.2, 0.25) is 21.8 Å². The fourth-order valence-corrected chi connectivity index (χ4v) is 5.32. The zero-order valence-corrected chi connectivity index (χ0v) is 24.0. The van der Waals surface area contributed by atoms with E-state index in [9.17, 15) is 31.2 Å². The summed E-state index contributed by atoms with van der Waals surface area (Å²) in [5.74, 6) is -3.54. The lowest BCUT2D eigenvalue weighted by Gasteiger charge is -2.32. The number of carbonyl (C=O) groups excluding carboxylic acids is 2. The third-order valence-corrected chi connectivity index (χ3v) is 7.51. The van der Waals surface area contributed by atoms with Crippen LogP contribution in [0.15, 0.2) is 72.8 Å². The predicted molar refractivity (Wildman–Crippen MR) is 152 cm³/mol. The molecule has 0 aliphatic heterocycles. The summed E-state index contributed by atoms with van der Waals surface area (Å²) in [6.45, 7) is 3.45. The number of sulfonamides is 1. The number of halogens is 3. The Morgan fingerprint density at radius 3 is 2.12 bits per heavy atom. The maximum Gasteiger partial charge on any atom is 0.243 e. The fraction of sp³-hybridized carbons (Fsp3) is 0.333. The van der Waals surface area contributed by atoms with Crippen LogP contribution in [0.5, 0.6) is 0 Å². The Morgan fingerprint density at radius 2 is 1.54 bits per heavy atom. The number of hydrogen-bond acceptors (Lipinski definition) is 4. The van der Waals surface area contributed by atoms with Crippen molar-refractivity contribution >= 4 is 27.5 Å². The highest BCUT2D eigenvalue weighted by Gasteiger charge is 2.31. The number of nitrogens with zero attached hydrogens (tertiary/aromatic N) is 2. The van der Waals surface area contributed by atoms with Gasteiger partial charge in [-0.25, -0.2) is 21.6 Å². The lowest BCUT2D eigenvalue weighted by atomic mass is 10.0. The van der Waals surface area contributed by atoms with E-state index >= 15 is 0 Å². The van der Waals surface area contributed by atoms with Gasteiger partial charge in [-0.3, -0.25) is 13.9 Å². The van der Waals surface area contributed by atoms with Gasteiger partial charge in [0.25, 0.3) is 0 Å². The maximum absolute atomic E-state index is 13.8. The smallest absolute Gasteiger partial charge is 0.243 e. The molecule has 0 saturated carbocycles. The van der Waals surface area contributed by atoms with Crippen LogP contribution in [-0.2, 0) is 32.6 Å². The standard InChI is InChI=1S/C30H34F3N3O4S/c1-21(2)34-30(38)28(18-22-8-5-4-6-9-22)35(20-23-11-13-24(31)14-12-23)29(37)10-7-17-36(41(3,39)40)25-15-16-26(32)27(33)19-25/h4-6,8-9,11-16,19,21,28H,7,10,17-18,20H2,1-3H3,(H,34,38)/t28-/m1/s1. The second-order valence-corrected chi connectivity index (χ2v) is 12.0. The number of anilines is 1. The minimum atomic E-state index is -3.88. The van der Waals surface area contributed by atoms with Gasteiger partial charge in [0.1, 0.15) is 11.9 Å². The summed E-state index contributed by atoms with van der Waals surface area (Å²) in [6, 6.07) is 16.5. The minimum Gasteiger partial charge on any atom is -0.352 e. The molecule has 1 atom stereocenters. The molecule has 0 fully saturated rings. The van der Waals surface area contributed by atoms with Gasteiger partial charge >= 0.3 is 0 Å². The number of amides is 2. The number of rotatable bonds is 13. The van der Waals surface area contributed by atoms with E-state index in [0.717, 1.165) is 34.3 Å². The summed E-state index contributed by atoms with van der Waals surface area (Å²) in [4.78, 5) is 28.5. The molecule has 0 aromatic heterocycles. The second-order valence-electron chi connectivity index (χ2n) is 10.1. The van der Waals surface area contributed by atoms with Crippen LogP contribution in [0.2, 0.25) is 0 Å². The van der Waals surface area contributed by atoms with E-state index in [4.69, 9.17) is 0 Å². The Bertz CT molecular complexity index is 1440. The van der Waals surface area contributed by atoms with Crippen LogP contribution in [0, 0.1) is 17.5 Å². The van der Waals surface area contributed by atoms with Gasteiger partial charge in [0, 0.05) is 38.0 Å². The Balaban J connectivity index is 1.88. The normalized spacial score (nSPS) is 12.2. The molecule has 0 aliphatic carbocycles. The molecule has 41 heavy (non-hydrogen) atoms. The maximum atomic E-state index is 13.8. The molecular weight excluding hydrogens is 555 g/mol. The highest BCUT2D eigenvalue weighted by molar-refractivity contribution is 7.92. The van der Waals surface area contributed by atoms with E-state index in [0.29, 0.717) is 5.56 Å². The van der Waals surface area contributed by atoms with Gasteiger partial charge in [-0.15, -0.1) is 0 Å². The first-order valence-corrected chi connectivity index (χ1v) is 15.0. The summed E-state index contributed by atoms with van der Waals surface area (Å²) in [6.07, 6.45) is 1.05. The molecule has 0 radical (unpaired) electrons. The first-order chi connectivity index (χ1) is 19.3. The highest BCUT2D eigenvalue weighted by Crippen LogP contribution is 2.22. The molecular formula is C30H34F3N3O4S. The van der Waals surface area contributed by atoms with Crippen LogP contribution >= 0.6 is 0 Å². The largest absolute Gasteiger partial charge is 0.352 e. The van der Waals surface area contributed by atoms with Gasteiger partial charge in [0.05, 0.1) is 11.9 Å². The number of nitrogens with one attached hydrogen (secondary N) is 1.